The van der Waals surface area contributed by atoms with Gasteiger partial charge in [-0.25, -0.2) is 9.78 Å². The molecule has 38 heavy (non-hydrogen) atoms. The normalized spacial score (nSPS) is 20.3. The number of piperidine rings is 1. The lowest BCUT2D eigenvalue weighted by molar-refractivity contribution is 0.0264. The summed E-state index contributed by atoms with van der Waals surface area (Å²) in [7, 11) is 0. The van der Waals surface area contributed by atoms with E-state index in [1.807, 2.05) is 56.1 Å². The van der Waals surface area contributed by atoms with Crippen LogP contribution >= 0.6 is 0 Å². The first-order chi connectivity index (χ1) is 18.2. The topological polar surface area (TPSA) is 84.0 Å². The smallest absolute Gasteiger partial charge is 0.410 e. The number of nitriles is 1. The summed E-state index contributed by atoms with van der Waals surface area (Å²) in [4.78, 5) is 19.4. The maximum atomic E-state index is 12.5. The molecular formula is C31H31N5O2. The Morgan fingerprint density at radius 3 is 2.34 bits per heavy atom. The molecule has 1 aliphatic carbocycles. The van der Waals surface area contributed by atoms with E-state index in [9.17, 15) is 10.1 Å². The van der Waals surface area contributed by atoms with E-state index in [0.29, 0.717) is 23.3 Å². The first kappa shape index (κ1) is 24.2. The number of carbonyl (C=O) groups excluding carboxylic acids is 1. The molecule has 6 rings (SSSR count). The number of aromatic nitrogens is 3. The lowest BCUT2D eigenvalue weighted by atomic mass is 9.97. The molecule has 2 aromatic carbocycles. The van der Waals surface area contributed by atoms with Gasteiger partial charge in [0.1, 0.15) is 11.1 Å². The Morgan fingerprint density at radius 1 is 1.05 bits per heavy atom. The summed E-state index contributed by atoms with van der Waals surface area (Å²) >= 11 is 0. The van der Waals surface area contributed by atoms with Crippen molar-refractivity contribution in [2.45, 2.75) is 39.8 Å². The number of fused-ring (bicyclic) bond motifs is 2. The van der Waals surface area contributed by atoms with Gasteiger partial charge in [-0.3, -0.25) is 4.68 Å². The second-order valence-electron chi connectivity index (χ2n) is 11.5. The first-order valence-electron chi connectivity index (χ1n) is 13.1. The maximum Gasteiger partial charge on any atom is 0.410 e. The van der Waals surface area contributed by atoms with Gasteiger partial charge in [0.2, 0.25) is 0 Å². The second-order valence-corrected chi connectivity index (χ2v) is 11.5. The number of pyridine rings is 1. The molecule has 3 heterocycles. The summed E-state index contributed by atoms with van der Waals surface area (Å²) < 4.78 is 7.62. The van der Waals surface area contributed by atoms with E-state index in [1.54, 1.807) is 0 Å². The van der Waals surface area contributed by atoms with E-state index in [0.717, 1.165) is 53.1 Å². The van der Waals surface area contributed by atoms with Crippen molar-refractivity contribution < 1.29 is 9.53 Å². The highest BCUT2D eigenvalue weighted by Gasteiger charge is 2.57. The lowest BCUT2D eigenvalue weighted by Gasteiger charge is -2.26. The predicted octanol–water partition coefficient (Wildman–Crippen LogP) is 6.06. The van der Waals surface area contributed by atoms with Crippen LogP contribution < -0.4 is 0 Å². The molecule has 4 aromatic rings. The maximum absolute atomic E-state index is 12.5. The summed E-state index contributed by atoms with van der Waals surface area (Å²) in [6.45, 7) is 10.1. The van der Waals surface area contributed by atoms with Gasteiger partial charge >= 0.3 is 6.09 Å². The summed E-state index contributed by atoms with van der Waals surface area (Å²) in [5.41, 5.74) is 7.18. The predicted molar refractivity (Wildman–Crippen MR) is 146 cm³/mol. The van der Waals surface area contributed by atoms with Crippen LogP contribution in [0, 0.1) is 36.0 Å². The van der Waals surface area contributed by atoms with E-state index in [2.05, 4.69) is 48.0 Å². The third kappa shape index (κ3) is 4.51. The van der Waals surface area contributed by atoms with Gasteiger partial charge in [-0.05, 0) is 69.2 Å². The van der Waals surface area contributed by atoms with E-state index in [1.165, 1.54) is 5.56 Å². The molecule has 1 saturated carbocycles. The van der Waals surface area contributed by atoms with Crippen LogP contribution in [0.1, 0.15) is 31.9 Å². The summed E-state index contributed by atoms with van der Waals surface area (Å²) in [5, 5.41) is 14.0. The highest BCUT2D eigenvalue weighted by molar-refractivity contribution is 5.90. The molecule has 0 bridgehead atoms. The fraction of sp³-hybridized carbons (Fsp3) is 0.355. The molecule has 7 nitrogen and oxygen atoms in total. The van der Waals surface area contributed by atoms with Crippen LogP contribution in [-0.2, 0) is 11.3 Å². The molecular weight excluding hydrogens is 474 g/mol. The van der Waals surface area contributed by atoms with Crippen molar-refractivity contribution in [3.8, 4) is 28.5 Å². The highest BCUT2D eigenvalue weighted by Crippen LogP contribution is 2.53. The molecule has 2 fully saturated rings. The molecule has 1 aliphatic heterocycles. The van der Waals surface area contributed by atoms with Crippen LogP contribution in [0.4, 0.5) is 4.79 Å². The number of ether oxygens (including phenoxy) is 1. The quantitative estimate of drug-likeness (QED) is 0.337. The van der Waals surface area contributed by atoms with E-state index in [4.69, 9.17) is 14.8 Å². The molecule has 0 N–H and O–H groups in total. The first-order valence-corrected chi connectivity index (χ1v) is 13.1. The standard InChI is InChI=1S/C31H31N5O2/c1-19-5-9-22(10-6-19)29-23(21-11-7-20(14-32)8-12-21)13-28-27(34-29)15-33-36(28)18-26-24-16-35(17-25(24)26)30(37)38-31(2,3)4/h5-13,15,24-26H,16-18H2,1-4H3. The number of benzene rings is 2. The van der Waals surface area contributed by atoms with Crippen LogP contribution in [0.5, 0.6) is 0 Å². The van der Waals surface area contributed by atoms with E-state index in [-0.39, 0.29) is 6.09 Å². The van der Waals surface area contributed by atoms with Gasteiger partial charge in [0.25, 0.3) is 0 Å². The van der Waals surface area contributed by atoms with Gasteiger partial charge in [-0.2, -0.15) is 10.4 Å². The van der Waals surface area contributed by atoms with Gasteiger partial charge in [0.05, 0.1) is 29.0 Å². The van der Waals surface area contributed by atoms with Gasteiger partial charge in [-0.1, -0.05) is 42.0 Å². The number of amides is 1. The zero-order chi connectivity index (χ0) is 26.6. The van der Waals surface area contributed by atoms with Gasteiger partial charge < -0.3 is 9.64 Å². The summed E-state index contributed by atoms with van der Waals surface area (Å²) in [6, 6.07) is 20.4. The second kappa shape index (κ2) is 8.98. The average molecular weight is 506 g/mol. The lowest BCUT2D eigenvalue weighted by Crippen LogP contribution is -2.37. The number of hydrogen-bond acceptors (Lipinski definition) is 5. The summed E-state index contributed by atoms with van der Waals surface area (Å²) in [6.07, 6.45) is 1.63. The number of likely N-dealkylation sites (tertiary alicyclic amines) is 1. The largest absolute Gasteiger partial charge is 0.444 e. The van der Waals surface area contributed by atoms with Crippen LogP contribution in [0.15, 0.2) is 60.8 Å². The minimum Gasteiger partial charge on any atom is -0.444 e. The van der Waals surface area contributed by atoms with Crippen molar-refractivity contribution in [2.24, 2.45) is 17.8 Å². The van der Waals surface area contributed by atoms with Crippen LogP contribution in [-0.4, -0.2) is 44.4 Å². The van der Waals surface area contributed by atoms with Crippen molar-refractivity contribution in [2.75, 3.05) is 13.1 Å². The molecule has 1 amide bonds. The third-order valence-electron chi connectivity index (χ3n) is 7.69. The molecule has 2 atom stereocenters. The van der Waals surface area contributed by atoms with Gasteiger partial charge in [-0.15, -0.1) is 0 Å². The van der Waals surface area contributed by atoms with Crippen molar-refractivity contribution >= 4 is 17.1 Å². The zero-order valence-electron chi connectivity index (χ0n) is 22.2. The van der Waals surface area contributed by atoms with Gasteiger partial charge in [0, 0.05) is 30.8 Å². The average Bonchev–Trinajstić information content (AvgIpc) is 3.20. The Morgan fingerprint density at radius 2 is 1.71 bits per heavy atom. The number of carbonyl (C=O) groups is 1. The summed E-state index contributed by atoms with van der Waals surface area (Å²) in [5.74, 6) is 1.46. The minimum absolute atomic E-state index is 0.215. The van der Waals surface area contributed by atoms with Crippen molar-refractivity contribution in [3.63, 3.8) is 0 Å². The van der Waals surface area contributed by atoms with Crippen molar-refractivity contribution in [1.82, 2.24) is 19.7 Å². The third-order valence-corrected chi connectivity index (χ3v) is 7.69. The van der Waals surface area contributed by atoms with Crippen LogP contribution in [0.2, 0.25) is 0 Å². The van der Waals surface area contributed by atoms with Crippen molar-refractivity contribution in [3.05, 3.63) is 71.9 Å². The highest BCUT2D eigenvalue weighted by atomic mass is 16.6. The molecule has 2 aromatic heterocycles. The Hall–Kier alpha value is -4.18. The SMILES string of the molecule is Cc1ccc(-c2nc3cnn(CC4C5CN(C(=O)OC(C)(C)C)CC54)c3cc2-c2ccc(C#N)cc2)cc1. The van der Waals surface area contributed by atoms with Crippen molar-refractivity contribution in [1.29, 1.82) is 5.26 Å². The number of aryl methyl sites for hydroxylation is 1. The fourth-order valence-electron chi connectivity index (χ4n) is 5.62. The van der Waals surface area contributed by atoms with Crippen LogP contribution in [0.25, 0.3) is 33.4 Å². The fourth-order valence-corrected chi connectivity index (χ4v) is 5.62. The van der Waals surface area contributed by atoms with E-state index >= 15 is 0 Å². The monoisotopic (exact) mass is 505 g/mol. The number of hydrogen-bond donors (Lipinski definition) is 0. The number of rotatable bonds is 4. The molecule has 0 radical (unpaired) electrons. The molecule has 1 saturated heterocycles. The Bertz CT molecular complexity index is 1550. The molecule has 192 valence electrons. The molecule has 2 unspecified atom stereocenters. The molecule has 0 spiro atoms. The van der Waals surface area contributed by atoms with Gasteiger partial charge in [0.15, 0.2) is 0 Å². The van der Waals surface area contributed by atoms with E-state index < -0.39 is 5.60 Å². The van der Waals surface area contributed by atoms with Crippen LogP contribution in [0.3, 0.4) is 0 Å². The zero-order valence-corrected chi connectivity index (χ0v) is 22.2. The molecule has 7 heteroatoms. The Labute approximate surface area is 222 Å². The Kier molecular flexibility index (Phi) is 5.71. The number of nitrogens with zero attached hydrogens (tertiary/aromatic N) is 5. The Balaban J connectivity index is 1.28. The molecule has 2 aliphatic rings. The minimum atomic E-state index is -0.478.